The topological polar surface area (TPSA) is 59.2 Å². The van der Waals surface area contributed by atoms with Gasteiger partial charge in [-0.3, -0.25) is 4.79 Å². The highest BCUT2D eigenvalue weighted by Crippen LogP contribution is 2.36. The van der Waals surface area contributed by atoms with Crippen molar-refractivity contribution >= 4 is 45.0 Å². The van der Waals surface area contributed by atoms with Crippen LogP contribution in [0.5, 0.6) is 0 Å². The Kier molecular flexibility index (Phi) is 4.78. The molecule has 1 saturated heterocycles. The van der Waals surface area contributed by atoms with Gasteiger partial charge in [0.2, 0.25) is 11.8 Å². The third-order valence-corrected chi connectivity index (χ3v) is 6.22. The fourth-order valence-electron chi connectivity index (χ4n) is 3.25. The number of carbonyl (C=O) groups is 1. The standard InChI is InChI=1S/C19H18ClN3O2S/c1-12-21-19(25-22-12)13-5-4-10-23(11-13)17(24)9-8-16-18(20)14-6-2-3-7-15(14)26-16/h2-3,6-9,13H,4-5,10-11H2,1H3/b9-8+. The Balaban J connectivity index is 1.48. The molecule has 5 nitrogen and oxygen atoms in total. The monoisotopic (exact) mass is 387 g/mol. The van der Waals surface area contributed by atoms with E-state index in [0.717, 1.165) is 34.3 Å². The lowest BCUT2D eigenvalue weighted by Crippen LogP contribution is -2.38. The molecule has 134 valence electrons. The highest BCUT2D eigenvalue weighted by Gasteiger charge is 2.27. The molecule has 0 spiro atoms. The van der Waals surface area contributed by atoms with Crippen LogP contribution in [-0.4, -0.2) is 34.0 Å². The minimum atomic E-state index is -0.0144. The van der Waals surface area contributed by atoms with E-state index in [2.05, 4.69) is 10.1 Å². The molecular formula is C19H18ClN3O2S. The zero-order valence-electron chi connectivity index (χ0n) is 14.3. The summed E-state index contributed by atoms with van der Waals surface area (Å²) in [6.45, 7) is 3.15. The molecule has 7 heteroatoms. The van der Waals surface area contributed by atoms with Crippen LogP contribution in [0.3, 0.4) is 0 Å². The van der Waals surface area contributed by atoms with Gasteiger partial charge in [0.25, 0.3) is 0 Å². The fraction of sp³-hybridized carbons (Fsp3) is 0.316. The summed E-state index contributed by atoms with van der Waals surface area (Å²) in [6.07, 6.45) is 5.31. The van der Waals surface area contributed by atoms with Gasteiger partial charge in [0.05, 0.1) is 10.9 Å². The van der Waals surface area contributed by atoms with E-state index < -0.39 is 0 Å². The molecule has 1 amide bonds. The van der Waals surface area contributed by atoms with E-state index in [9.17, 15) is 4.79 Å². The molecule has 0 saturated carbocycles. The number of amides is 1. The van der Waals surface area contributed by atoms with Crippen LogP contribution in [0.25, 0.3) is 16.2 Å². The third-order valence-electron chi connectivity index (χ3n) is 4.56. The van der Waals surface area contributed by atoms with Crippen molar-refractivity contribution in [2.24, 2.45) is 0 Å². The van der Waals surface area contributed by atoms with Gasteiger partial charge in [-0.1, -0.05) is 35.0 Å². The maximum atomic E-state index is 12.6. The molecule has 1 fully saturated rings. The summed E-state index contributed by atoms with van der Waals surface area (Å²) in [5.74, 6) is 1.34. The third kappa shape index (κ3) is 3.39. The number of aromatic nitrogens is 2. The van der Waals surface area contributed by atoms with E-state index in [1.54, 1.807) is 24.3 Å². The SMILES string of the molecule is Cc1noc(C2CCCN(C(=O)/C=C/c3sc4ccccc4c3Cl)C2)n1. The molecule has 26 heavy (non-hydrogen) atoms. The number of halogens is 1. The summed E-state index contributed by atoms with van der Waals surface area (Å²) < 4.78 is 6.40. The summed E-state index contributed by atoms with van der Waals surface area (Å²) in [6, 6.07) is 7.98. The smallest absolute Gasteiger partial charge is 0.246 e. The molecule has 3 heterocycles. The largest absolute Gasteiger partial charge is 0.339 e. The second-order valence-electron chi connectivity index (χ2n) is 6.41. The Hall–Kier alpha value is -2.18. The van der Waals surface area contributed by atoms with Crippen LogP contribution >= 0.6 is 22.9 Å². The number of thiophene rings is 1. The second-order valence-corrected chi connectivity index (χ2v) is 7.87. The maximum absolute atomic E-state index is 12.6. The number of piperidine rings is 1. The number of likely N-dealkylation sites (tertiary alicyclic amines) is 1. The Morgan fingerprint density at radius 3 is 3.04 bits per heavy atom. The summed E-state index contributed by atoms with van der Waals surface area (Å²) in [5, 5.41) is 5.58. The van der Waals surface area contributed by atoms with Gasteiger partial charge in [0.15, 0.2) is 5.82 Å². The second kappa shape index (κ2) is 7.21. The first-order valence-corrected chi connectivity index (χ1v) is 9.75. The number of hydrogen-bond acceptors (Lipinski definition) is 5. The lowest BCUT2D eigenvalue weighted by molar-refractivity contribution is -0.127. The predicted octanol–water partition coefficient (Wildman–Crippen LogP) is 4.67. The van der Waals surface area contributed by atoms with Crippen LogP contribution in [0.4, 0.5) is 0 Å². The predicted molar refractivity (Wildman–Crippen MR) is 103 cm³/mol. The molecule has 0 radical (unpaired) electrons. The normalized spacial score (nSPS) is 18.1. The summed E-state index contributed by atoms with van der Waals surface area (Å²) >= 11 is 8.03. The van der Waals surface area contributed by atoms with Crippen molar-refractivity contribution in [3.63, 3.8) is 0 Å². The zero-order chi connectivity index (χ0) is 18.1. The van der Waals surface area contributed by atoms with Crippen LogP contribution in [0.15, 0.2) is 34.9 Å². The fourth-order valence-corrected chi connectivity index (χ4v) is 4.65. The average Bonchev–Trinajstić information content (AvgIpc) is 3.24. The lowest BCUT2D eigenvalue weighted by atomic mass is 9.98. The van der Waals surface area contributed by atoms with Gasteiger partial charge in [0, 0.05) is 34.1 Å². The first-order chi connectivity index (χ1) is 12.6. The number of hydrogen-bond donors (Lipinski definition) is 0. The molecule has 1 aliphatic heterocycles. The highest BCUT2D eigenvalue weighted by molar-refractivity contribution is 7.20. The van der Waals surface area contributed by atoms with Gasteiger partial charge in [-0.05, 0) is 31.9 Å². The number of nitrogens with zero attached hydrogens (tertiary/aromatic N) is 3. The number of benzene rings is 1. The van der Waals surface area contributed by atoms with E-state index in [4.69, 9.17) is 16.1 Å². The summed E-state index contributed by atoms with van der Waals surface area (Å²) in [4.78, 5) is 19.7. The van der Waals surface area contributed by atoms with E-state index in [1.807, 2.05) is 35.2 Å². The summed E-state index contributed by atoms with van der Waals surface area (Å²) in [7, 11) is 0. The van der Waals surface area contributed by atoms with Gasteiger partial charge >= 0.3 is 0 Å². The number of fused-ring (bicyclic) bond motifs is 1. The molecule has 1 aliphatic rings. The van der Waals surface area contributed by atoms with Crippen LogP contribution in [0.1, 0.15) is 35.4 Å². The minimum absolute atomic E-state index is 0.0144. The van der Waals surface area contributed by atoms with Gasteiger partial charge < -0.3 is 9.42 Å². The molecule has 3 aromatic rings. The van der Waals surface area contributed by atoms with Crippen LogP contribution in [0, 0.1) is 6.92 Å². The number of carbonyl (C=O) groups excluding carboxylic acids is 1. The quantitative estimate of drug-likeness (QED) is 0.613. The van der Waals surface area contributed by atoms with E-state index >= 15 is 0 Å². The molecule has 1 unspecified atom stereocenters. The van der Waals surface area contributed by atoms with Crippen molar-refractivity contribution < 1.29 is 9.32 Å². The Bertz CT molecular complexity index is 978. The number of aryl methyl sites for hydroxylation is 1. The van der Waals surface area contributed by atoms with Crippen LogP contribution < -0.4 is 0 Å². The molecular weight excluding hydrogens is 370 g/mol. The van der Waals surface area contributed by atoms with E-state index in [0.29, 0.717) is 23.3 Å². The van der Waals surface area contributed by atoms with Gasteiger partial charge in [-0.2, -0.15) is 4.98 Å². The van der Waals surface area contributed by atoms with Crippen LogP contribution in [-0.2, 0) is 4.79 Å². The summed E-state index contributed by atoms with van der Waals surface area (Å²) in [5.41, 5.74) is 0. The van der Waals surface area contributed by atoms with Crippen molar-refractivity contribution in [2.75, 3.05) is 13.1 Å². The van der Waals surface area contributed by atoms with Crippen molar-refractivity contribution in [1.29, 1.82) is 0 Å². The van der Waals surface area contributed by atoms with Crippen LogP contribution in [0.2, 0.25) is 5.02 Å². The molecule has 2 aromatic heterocycles. The van der Waals surface area contributed by atoms with Crippen molar-refractivity contribution in [3.8, 4) is 0 Å². The highest BCUT2D eigenvalue weighted by atomic mass is 35.5. The first-order valence-electron chi connectivity index (χ1n) is 8.56. The van der Waals surface area contributed by atoms with Crippen molar-refractivity contribution in [2.45, 2.75) is 25.7 Å². The van der Waals surface area contributed by atoms with Gasteiger partial charge in [0.1, 0.15) is 0 Å². The first kappa shape index (κ1) is 17.2. The molecule has 0 N–H and O–H groups in total. The zero-order valence-corrected chi connectivity index (χ0v) is 15.9. The Labute approximate surface area is 160 Å². The lowest BCUT2D eigenvalue weighted by Gasteiger charge is -2.30. The van der Waals surface area contributed by atoms with E-state index in [-0.39, 0.29) is 11.8 Å². The Morgan fingerprint density at radius 2 is 2.27 bits per heavy atom. The molecule has 4 rings (SSSR count). The van der Waals surface area contributed by atoms with Gasteiger partial charge in [-0.25, -0.2) is 0 Å². The Morgan fingerprint density at radius 1 is 1.42 bits per heavy atom. The molecule has 1 atom stereocenters. The van der Waals surface area contributed by atoms with Gasteiger partial charge in [-0.15, -0.1) is 11.3 Å². The molecule has 1 aromatic carbocycles. The maximum Gasteiger partial charge on any atom is 0.246 e. The van der Waals surface area contributed by atoms with Crippen molar-refractivity contribution in [1.82, 2.24) is 15.0 Å². The molecule has 0 aliphatic carbocycles. The van der Waals surface area contributed by atoms with Crippen molar-refractivity contribution in [3.05, 3.63) is 52.0 Å². The average molecular weight is 388 g/mol. The van der Waals surface area contributed by atoms with E-state index in [1.165, 1.54) is 0 Å². The molecule has 0 bridgehead atoms. The number of rotatable bonds is 3. The minimum Gasteiger partial charge on any atom is -0.339 e.